The van der Waals surface area contributed by atoms with Gasteiger partial charge in [-0.1, -0.05) is 6.42 Å². The van der Waals surface area contributed by atoms with E-state index in [1.54, 1.807) is 0 Å². The standard InChI is InChI=1S/C13H18N2O2/c1-2-6-14-11(3-1)8-15-10-4-5-12-13(7-10)17-9-16-12/h4-5,7,11,14-15H,1-3,6,8-9H2. The monoisotopic (exact) mass is 234 g/mol. The minimum absolute atomic E-state index is 0.336. The molecule has 1 aromatic rings. The van der Waals surface area contributed by atoms with Gasteiger partial charge in [-0.2, -0.15) is 0 Å². The highest BCUT2D eigenvalue weighted by molar-refractivity contribution is 5.55. The second-order valence-corrected chi connectivity index (χ2v) is 4.60. The van der Waals surface area contributed by atoms with Crippen molar-refractivity contribution in [2.24, 2.45) is 0 Å². The summed E-state index contributed by atoms with van der Waals surface area (Å²) in [5.74, 6) is 1.68. The smallest absolute Gasteiger partial charge is 0.231 e. The van der Waals surface area contributed by atoms with Gasteiger partial charge in [0, 0.05) is 24.3 Å². The third-order valence-corrected chi connectivity index (χ3v) is 3.34. The molecule has 2 N–H and O–H groups in total. The van der Waals surface area contributed by atoms with Crippen LogP contribution in [0.4, 0.5) is 5.69 Å². The van der Waals surface area contributed by atoms with Crippen molar-refractivity contribution in [1.82, 2.24) is 5.32 Å². The van der Waals surface area contributed by atoms with Crippen LogP contribution in [0.15, 0.2) is 18.2 Å². The fraction of sp³-hybridized carbons (Fsp3) is 0.538. The molecule has 2 aliphatic rings. The van der Waals surface area contributed by atoms with Crippen molar-refractivity contribution in [1.29, 1.82) is 0 Å². The Morgan fingerprint density at radius 2 is 2.18 bits per heavy atom. The lowest BCUT2D eigenvalue weighted by molar-refractivity contribution is 0.174. The Labute approximate surface area is 101 Å². The van der Waals surface area contributed by atoms with Gasteiger partial charge >= 0.3 is 0 Å². The van der Waals surface area contributed by atoms with Crippen LogP contribution in [0.5, 0.6) is 11.5 Å². The van der Waals surface area contributed by atoms with E-state index in [0.717, 1.165) is 30.3 Å². The SMILES string of the molecule is c1cc2c(cc1NCC1CCCCN1)OCO2. The summed E-state index contributed by atoms with van der Waals surface area (Å²) in [4.78, 5) is 0. The zero-order chi connectivity index (χ0) is 11.5. The van der Waals surface area contributed by atoms with Crippen LogP contribution in [0.25, 0.3) is 0 Å². The summed E-state index contributed by atoms with van der Waals surface area (Å²) in [6.45, 7) is 2.45. The van der Waals surface area contributed by atoms with Crippen molar-refractivity contribution < 1.29 is 9.47 Å². The Bertz CT molecular complexity index is 389. The summed E-state index contributed by atoms with van der Waals surface area (Å²) >= 11 is 0. The second-order valence-electron chi connectivity index (χ2n) is 4.60. The maximum Gasteiger partial charge on any atom is 0.231 e. The molecular formula is C13H18N2O2. The van der Waals surface area contributed by atoms with Gasteiger partial charge in [0.15, 0.2) is 11.5 Å². The third kappa shape index (κ3) is 2.47. The van der Waals surface area contributed by atoms with Crippen LogP contribution in [0.1, 0.15) is 19.3 Å². The Morgan fingerprint density at radius 3 is 3.06 bits per heavy atom. The van der Waals surface area contributed by atoms with Crippen molar-refractivity contribution in [2.45, 2.75) is 25.3 Å². The number of ether oxygens (including phenoxy) is 2. The molecular weight excluding hydrogens is 216 g/mol. The zero-order valence-corrected chi connectivity index (χ0v) is 9.87. The molecule has 4 heteroatoms. The Hall–Kier alpha value is -1.42. The molecule has 0 saturated carbocycles. The molecule has 1 atom stereocenters. The molecule has 1 fully saturated rings. The van der Waals surface area contributed by atoms with Gasteiger partial charge in [-0.05, 0) is 31.5 Å². The topological polar surface area (TPSA) is 42.5 Å². The number of hydrogen-bond donors (Lipinski definition) is 2. The minimum atomic E-state index is 0.336. The summed E-state index contributed by atoms with van der Waals surface area (Å²) in [5, 5.41) is 6.97. The van der Waals surface area contributed by atoms with Crippen LogP contribution >= 0.6 is 0 Å². The second kappa shape index (κ2) is 4.84. The molecule has 0 aliphatic carbocycles. The number of benzene rings is 1. The largest absolute Gasteiger partial charge is 0.454 e. The maximum atomic E-state index is 5.35. The number of nitrogens with one attached hydrogen (secondary N) is 2. The van der Waals surface area contributed by atoms with Gasteiger partial charge in [0.25, 0.3) is 0 Å². The summed E-state index contributed by atoms with van der Waals surface area (Å²) < 4.78 is 10.6. The first-order valence-corrected chi connectivity index (χ1v) is 6.29. The molecule has 0 aromatic heterocycles. The highest BCUT2D eigenvalue weighted by Gasteiger charge is 2.15. The van der Waals surface area contributed by atoms with E-state index in [4.69, 9.17) is 9.47 Å². The van der Waals surface area contributed by atoms with E-state index in [2.05, 4.69) is 10.6 Å². The van der Waals surface area contributed by atoms with E-state index in [-0.39, 0.29) is 0 Å². The molecule has 17 heavy (non-hydrogen) atoms. The van der Waals surface area contributed by atoms with Crippen LogP contribution < -0.4 is 20.1 Å². The van der Waals surface area contributed by atoms with E-state index in [0.29, 0.717) is 12.8 Å². The highest BCUT2D eigenvalue weighted by atomic mass is 16.7. The molecule has 2 heterocycles. The van der Waals surface area contributed by atoms with Crippen molar-refractivity contribution >= 4 is 5.69 Å². The van der Waals surface area contributed by atoms with Gasteiger partial charge in [0.2, 0.25) is 6.79 Å². The predicted octanol–water partition coefficient (Wildman–Crippen LogP) is 1.97. The average Bonchev–Trinajstić information content (AvgIpc) is 2.85. The number of anilines is 1. The first kappa shape index (κ1) is 10.7. The van der Waals surface area contributed by atoms with E-state index < -0.39 is 0 Å². The lowest BCUT2D eigenvalue weighted by Crippen LogP contribution is -2.39. The number of fused-ring (bicyclic) bond motifs is 1. The quantitative estimate of drug-likeness (QED) is 0.839. The molecule has 2 aliphatic heterocycles. The molecule has 4 nitrogen and oxygen atoms in total. The maximum absolute atomic E-state index is 5.35. The molecule has 1 unspecified atom stereocenters. The summed E-state index contributed by atoms with van der Waals surface area (Å²) in [6, 6.07) is 6.59. The normalized spacial score (nSPS) is 22.5. The minimum Gasteiger partial charge on any atom is -0.454 e. The van der Waals surface area contributed by atoms with Crippen molar-refractivity contribution in [3.8, 4) is 11.5 Å². The summed E-state index contributed by atoms with van der Waals surface area (Å²) in [7, 11) is 0. The van der Waals surface area contributed by atoms with Crippen molar-refractivity contribution in [3.05, 3.63) is 18.2 Å². The van der Waals surface area contributed by atoms with Crippen LogP contribution in [-0.4, -0.2) is 25.9 Å². The Kier molecular flexibility index (Phi) is 3.05. The lowest BCUT2D eigenvalue weighted by Gasteiger charge is -2.24. The molecule has 0 amide bonds. The third-order valence-electron chi connectivity index (χ3n) is 3.34. The van der Waals surface area contributed by atoms with Gasteiger partial charge in [-0.25, -0.2) is 0 Å². The molecule has 1 saturated heterocycles. The lowest BCUT2D eigenvalue weighted by atomic mass is 10.1. The number of piperidine rings is 1. The van der Waals surface area contributed by atoms with E-state index in [1.165, 1.54) is 19.3 Å². The fourth-order valence-electron chi connectivity index (χ4n) is 2.35. The van der Waals surface area contributed by atoms with E-state index >= 15 is 0 Å². The zero-order valence-electron chi connectivity index (χ0n) is 9.87. The first-order valence-electron chi connectivity index (χ1n) is 6.29. The van der Waals surface area contributed by atoms with Gasteiger partial charge in [0.05, 0.1) is 0 Å². The van der Waals surface area contributed by atoms with Crippen LogP contribution in [0.2, 0.25) is 0 Å². The Balaban J connectivity index is 1.57. The molecule has 0 radical (unpaired) electrons. The first-order chi connectivity index (χ1) is 8.42. The predicted molar refractivity (Wildman–Crippen MR) is 66.7 cm³/mol. The van der Waals surface area contributed by atoms with Crippen LogP contribution in [0, 0.1) is 0 Å². The molecule has 0 bridgehead atoms. The molecule has 92 valence electrons. The average molecular weight is 234 g/mol. The van der Waals surface area contributed by atoms with Crippen molar-refractivity contribution in [2.75, 3.05) is 25.2 Å². The van der Waals surface area contributed by atoms with Gasteiger partial charge in [-0.15, -0.1) is 0 Å². The van der Waals surface area contributed by atoms with Crippen LogP contribution in [-0.2, 0) is 0 Å². The van der Waals surface area contributed by atoms with E-state index in [9.17, 15) is 0 Å². The van der Waals surface area contributed by atoms with Crippen molar-refractivity contribution in [3.63, 3.8) is 0 Å². The highest BCUT2D eigenvalue weighted by Crippen LogP contribution is 2.34. The van der Waals surface area contributed by atoms with E-state index in [1.807, 2.05) is 18.2 Å². The van der Waals surface area contributed by atoms with Crippen LogP contribution in [0.3, 0.4) is 0 Å². The summed E-state index contributed by atoms with van der Waals surface area (Å²) in [6.07, 6.45) is 3.90. The molecule has 1 aromatic carbocycles. The van der Waals surface area contributed by atoms with Gasteiger partial charge in [0.1, 0.15) is 0 Å². The van der Waals surface area contributed by atoms with Gasteiger partial charge in [-0.3, -0.25) is 0 Å². The van der Waals surface area contributed by atoms with Gasteiger partial charge < -0.3 is 20.1 Å². The Morgan fingerprint density at radius 1 is 1.24 bits per heavy atom. The number of hydrogen-bond acceptors (Lipinski definition) is 4. The molecule has 0 spiro atoms. The molecule has 3 rings (SSSR count). The fourth-order valence-corrected chi connectivity index (χ4v) is 2.35. The summed E-state index contributed by atoms with van der Waals surface area (Å²) in [5.41, 5.74) is 1.10. The number of rotatable bonds is 3.